The summed E-state index contributed by atoms with van der Waals surface area (Å²) in [6.07, 6.45) is 4.23. The highest BCUT2D eigenvalue weighted by atomic mass is 16.5. The zero-order chi connectivity index (χ0) is 14.5. The number of amides is 1. The summed E-state index contributed by atoms with van der Waals surface area (Å²) in [5.41, 5.74) is 1.79. The molecule has 0 spiro atoms. The third-order valence-corrected chi connectivity index (χ3v) is 3.56. The van der Waals surface area contributed by atoms with Gasteiger partial charge in [0.15, 0.2) is 6.10 Å². The van der Waals surface area contributed by atoms with Gasteiger partial charge in [-0.05, 0) is 38.0 Å². The van der Waals surface area contributed by atoms with Crippen molar-refractivity contribution >= 4 is 17.3 Å². The zero-order valence-electron chi connectivity index (χ0n) is 12.5. The molecule has 1 atom stereocenters. The van der Waals surface area contributed by atoms with E-state index in [0.29, 0.717) is 6.04 Å². The number of benzene rings is 1. The van der Waals surface area contributed by atoms with Gasteiger partial charge in [0.2, 0.25) is 0 Å². The fourth-order valence-electron chi connectivity index (χ4n) is 2.52. The van der Waals surface area contributed by atoms with Crippen LogP contribution in [0.15, 0.2) is 18.2 Å². The SMILES string of the molecule is CCCC(CCC)Nc1ccc2c(c1)NC(=O)C(C)O2. The van der Waals surface area contributed by atoms with Crippen LogP contribution in [0.1, 0.15) is 46.5 Å². The van der Waals surface area contributed by atoms with Crippen molar-refractivity contribution in [3.63, 3.8) is 0 Å². The zero-order valence-corrected chi connectivity index (χ0v) is 12.5. The van der Waals surface area contributed by atoms with Crippen molar-refractivity contribution in [3.8, 4) is 5.75 Å². The summed E-state index contributed by atoms with van der Waals surface area (Å²) in [4.78, 5) is 11.6. The van der Waals surface area contributed by atoms with Crippen molar-refractivity contribution < 1.29 is 9.53 Å². The number of hydrogen-bond acceptors (Lipinski definition) is 3. The summed E-state index contributed by atoms with van der Waals surface area (Å²) in [7, 11) is 0. The molecule has 1 unspecified atom stereocenters. The standard InChI is InChI=1S/C16H24N2O2/c1-4-6-12(7-5-2)17-13-8-9-15-14(10-13)18-16(19)11(3)20-15/h8-12,17H,4-7H2,1-3H3,(H,18,19). The second-order valence-electron chi connectivity index (χ2n) is 5.38. The van der Waals surface area contributed by atoms with Crippen LogP contribution in [0.2, 0.25) is 0 Å². The molecule has 110 valence electrons. The number of anilines is 2. The van der Waals surface area contributed by atoms with E-state index < -0.39 is 6.10 Å². The average Bonchev–Trinajstić information content (AvgIpc) is 2.41. The Bertz CT molecular complexity index is 468. The molecule has 1 aliphatic heterocycles. The van der Waals surface area contributed by atoms with E-state index in [1.807, 2.05) is 18.2 Å². The van der Waals surface area contributed by atoms with Crippen molar-refractivity contribution in [2.45, 2.75) is 58.6 Å². The van der Waals surface area contributed by atoms with Crippen LogP contribution in [0.25, 0.3) is 0 Å². The summed E-state index contributed by atoms with van der Waals surface area (Å²) < 4.78 is 5.56. The molecule has 0 radical (unpaired) electrons. The van der Waals surface area contributed by atoms with Crippen LogP contribution < -0.4 is 15.4 Å². The van der Waals surface area contributed by atoms with Gasteiger partial charge >= 0.3 is 0 Å². The van der Waals surface area contributed by atoms with Crippen LogP contribution in [0.5, 0.6) is 5.75 Å². The third-order valence-electron chi connectivity index (χ3n) is 3.56. The number of hydrogen-bond donors (Lipinski definition) is 2. The Morgan fingerprint density at radius 1 is 1.30 bits per heavy atom. The van der Waals surface area contributed by atoms with E-state index in [2.05, 4.69) is 24.5 Å². The molecule has 2 N–H and O–H groups in total. The van der Waals surface area contributed by atoms with Crippen molar-refractivity contribution in [1.82, 2.24) is 0 Å². The first-order valence-electron chi connectivity index (χ1n) is 7.52. The highest BCUT2D eigenvalue weighted by Crippen LogP contribution is 2.32. The number of fused-ring (bicyclic) bond motifs is 1. The van der Waals surface area contributed by atoms with E-state index in [-0.39, 0.29) is 5.91 Å². The number of rotatable bonds is 6. The minimum Gasteiger partial charge on any atom is -0.479 e. The molecule has 1 aromatic rings. The molecule has 1 heterocycles. The molecule has 0 aromatic heterocycles. The lowest BCUT2D eigenvalue weighted by Gasteiger charge is -2.25. The Morgan fingerprint density at radius 2 is 2.00 bits per heavy atom. The summed E-state index contributed by atoms with van der Waals surface area (Å²) in [5.74, 6) is 0.651. The van der Waals surface area contributed by atoms with Crippen LogP contribution in [-0.4, -0.2) is 18.1 Å². The summed E-state index contributed by atoms with van der Waals surface area (Å²) in [6, 6.07) is 6.38. The van der Waals surface area contributed by atoms with Gasteiger partial charge in [-0.15, -0.1) is 0 Å². The van der Waals surface area contributed by atoms with Crippen LogP contribution in [0, 0.1) is 0 Å². The van der Waals surface area contributed by atoms with Crippen molar-refractivity contribution in [2.75, 3.05) is 10.6 Å². The first-order valence-corrected chi connectivity index (χ1v) is 7.52. The molecular weight excluding hydrogens is 252 g/mol. The smallest absolute Gasteiger partial charge is 0.265 e. The van der Waals surface area contributed by atoms with Gasteiger partial charge in [-0.25, -0.2) is 0 Å². The molecule has 1 aliphatic rings. The predicted octanol–water partition coefficient (Wildman–Crippen LogP) is 3.79. The average molecular weight is 276 g/mol. The van der Waals surface area contributed by atoms with Gasteiger partial charge in [-0.3, -0.25) is 4.79 Å². The molecule has 0 saturated heterocycles. The van der Waals surface area contributed by atoms with Gasteiger partial charge in [0, 0.05) is 11.7 Å². The molecule has 4 heteroatoms. The van der Waals surface area contributed by atoms with Gasteiger partial charge in [0.1, 0.15) is 5.75 Å². The van der Waals surface area contributed by atoms with Crippen molar-refractivity contribution in [1.29, 1.82) is 0 Å². The summed E-state index contributed by atoms with van der Waals surface area (Å²) in [6.45, 7) is 6.16. The Hall–Kier alpha value is -1.71. The first-order chi connectivity index (χ1) is 9.63. The van der Waals surface area contributed by atoms with Gasteiger partial charge in [0.25, 0.3) is 5.91 Å². The third kappa shape index (κ3) is 3.44. The van der Waals surface area contributed by atoms with E-state index in [0.717, 1.165) is 30.0 Å². The lowest BCUT2D eigenvalue weighted by atomic mass is 10.1. The van der Waals surface area contributed by atoms with Crippen LogP contribution >= 0.6 is 0 Å². The predicted molar refractivity (Wildman–Crippen MR) is 82.4 cm³/mol. The lowest BCUT2D eigenvalue weighted by Crippen LogP contribution is -2.34. The molecule has 1 aromatic carbocycles. The molecule has 20 heavy (non-hydrogen) atoms. The minimum atomic E-state index is -0.422. The van der Waals surface area contributed by atoms with Gasteiger partial charge in [-0.1, -0.05) is 26.7 Å². The summed E-state index contributed by atoms with van der Waals surface area (Å²) >= 11 is 0. The van der Waals surface area contributed by atoms with Crippen LogP contribution in [-0.2, 0) is 4.79 Å². The van der Waals surface area contributed by atoms with E-state index >= 15 is 0 Å². The molecular formula is C16H24N2O2. The van der Waals surface area contributed by atoms with Crippen LogP contribution in [0.3, 0.4) is 0 Å². The molecule has 4 nitrogen and oxygen atoms in total. The largest absolute Gasteiger partial charge is 0.479 e. The molecule has 0 bridgehead atoms. The number of nitrogens with one attached hydrogen (secondary N) is 2. The molecule has 0 saturated carbocycles. The van der Waals surface area contributed by atoms with Crippen molar-refractivity contribution in [2.24, 2.45) is 0 Å². The van der Waals surface area contributed by atoms with Gasteiger partial charge in [0.05, 0.1) is 5.69 Å². The highest BCUT2D eigenvalue weighted by molar-refractivity contribution is 5.98. The van der Waals surface area contributed by atoms with E-state index in [1.54, 1.807) is 6.92 Å². The Labute approximate surface area is 120 Å². The topological polar surface area (TPSA) is 50.4 Å². The molecule has 2 rings (SSSR count). The number of ether oxygens (including phenoxy) is 1. The Kier molecular flexibility index (Phi) is 4.88. The maximum absolute atomic E-state index is 11.6. The fraction of sp³-hybridized carbons (Fsp3) is 0.562. The quantitative estimate of drug-likeness (QED) is 0.831. The Morgan fingerprint density at radius 3 is 2.65 bits per heavy atom. The number of carbonyl (C=O) groups is 1. The van der Waals surface area contributed by atoms with E-state index in [1.165, 1.54) is 12.8 Å². The number of carbonyl (C=O) groups excluding carboxylic acids is 1. The minimum absolute atomic E-state index is 0.0895. The second kappa shape index (κ2) is 6.64. The molecule has 0 aliphatic carbocycles. The normalized spacial score (nSPS) is 17.4. The monoisotopic (exact) mass is 276 g/mol. The van der Waals surface area contributed by atoms with Crippen molar-refractivity contribution in [3.05, 3.63) is 18.2 Å². The maximum Gasteiger partial charge on any atom is 0.265 e. The molecule has 1 amide bonds. The van der Waals surface area contributed by atoms with E-state index in [9.17, 15) is 4.79 Å². The fourth-order valence-corrected chi connectivity index (χ4v) is 2.52. The summed E-state index contributed by atoms with van der Waals surface area (Å²) in [5, 5.41) is 6.43. The van der Waals surface area contributed by atoms with Crippen LogP contribution in [0.4, 0.5) is 11.4 Å². The Balaban J connectivity index is 2.10. The van der Waals surface area contributed by atoms with Gasteiger partial charge < -0.3 is 15.4 Å². The lowest BCUT2D eigenvalue weighted by molar-refractivity contribution is -0.122. The van der Waals surface area contributed by atoms with E-state index in [4.69, 9.17) is 4.74 Å². The second-order valence-corrected chi connectivity index (χ2v) is 5.38. The maximum atomic E-state index is 11.6. The van der Waals surface area contributed by atoms with Gasteiger partial charge in [-0.2, -0.15) is 0 Å². The highest BCUT2D eigenvalue weighted by Gasteiger charge is 2.23. The molecule has 0 fully saturated rings. The first kappa shape index (κ1) is 14.7.